The molecule has 1 aliphatic rings. The van der Waals surface area contributed by atoms with Crippen LogP contribution in [0.4, 0.5) is 4.39 Å². The first-order chi connectivity index (χ1) is 10.2. The highest BCUT2D eigenvalue weighted by Crippen LogP contribution is 2.28. The Balaban J connectivity index is 1.84. The molecule has 0 saturated heterocycles. The van der Waals surface area contributed by atoms with Crippen LogP contribution in [0.25, 0.3) is 0 Å². The van der Waals surface area contributed by atoms with E-state index < -0.39 is 0 Å². The Morgan fingerprint density at radius 2 is 1.95 bits per heavy atom. The third-order valence-electron chi connectivity index (χ3n) is 4.14. The van der Waals surface area contributed by atoms with Crippen LogP contribution >= 0.6 is 11.6 Å². The van der Waals surface area contributed by atoms with Gasteiger partial charge >= 0.3 is 0 Å². The van der Waals surface area contributed by atoms with Crippen molar-refractivity contribution in [3.8, 4) is 0 Å². The summed E-state index contributed by atoms with van der Waals surface area (Å²) >= 11 is 6.13. The van der Waals surface area contributed by atoms with Crippen LogP contribution in [0.1, 0.15) is 34.7 Å². The maximum Gasteiger partial charge on any atom is 0.124 e. The minimum Gasteiger partial charge on any atom is -0.271 e. The minimum absolute atomic E-state index is 0.127. The second-order valence-electron chi connectivity index (χ2n) is 5.55. The van der Waals surface area contributed by atoms with Gasteiger partial charge in [-0.25, -0.2) is 4.39 Å². The van der Waals surface area contributed by atoms with Gasteiger partial charge in [-0.05, 0) is 60.1 Å². The number of fused-ring (bicyclic) bond motifs is 1. The van der Waals surface area contributed by atoms with Crippen LogP contribution in [0.15, 0.2) is 36.4 Å². The third-order valence-corrected chi connectivity index (χ3v) is 4.47. The smallest absolute Gasteiger partial charge is 0.124 e. The van der Waals surface area contributed by atoms with E-state index in [1.54, 1.807) is 6.07 Å². The van der Waals surface area contributed by atoms with Crippen LogP contribution in [0.5, 0.6) is 0 Å². The van der Waals surface area contributed by atoms with Gasteiger partial charge in [-0.3, -0.25) is 11.3 Å². The van der Waals surface area contributed by atoms with Crippen molar-refractivity contribution in [2.45, 2.75) is 31.7 Å². The van der Waals surface area contributed by atoms with Crippen molar-refractivity contribution in [3.63, 3.8) is 0 Å². The summed E-state index contributed by atoms with van der Waals surface area (Å²) in [5.74, 6) is 5.33. The second-order valence-corrected chi connectivity index (χ2v) is 5.95. The molecular formula is C17H18ClFN2. The molecule has 0 aromatic heterocycles. The number of hydrazine groups is 1. The van der Waals surface area contributed by atoms with Gasteiger partial charge in [-0.2, -0.15) is 0 Å². The molecule has 0 bridgehead atoms. The number of hydrogen-bond acceptors (Lipinski definition) is 2. The standard InChI is InChI=1S/C17H18ClFN2/c18-16-10-14(19)6-7-15(16)17(21-20)9-11-4-5-12-2-1-3-13(12)8-11/h4-8,10,17,21H,1-3,9,20H2. The normalized spacial score (nSPS) is 15.0. The Morgan fingerprint density at radius 1 is 1.14 bits per heavy atom. The van der Waals surface area contributed by atoms with Crippen molar-refractivity contribution in [1.29, 1.82) is 0 Å². The van der Waals surface area contributed by atoms with Crippen LogP contribution in [-0.4, -0.2) is 0 Å². The summed E-state index contributed by atoms with van der Waals surface area (Å²) in [6, 6.07) is 10.9. The summed E-state index contributed by atoms with van der Waals surface area (Å²) in [4.78, 5) is 0. The highest BCUT2D eigenvalue weighted by atomic mass is 35.5. The lowest BCUT2D eigenvalue weighted by Gasteiger charge is -2.18. The number of hydrogen-bond donors (Lipinski definition) is 2. The van der Waals surface area contributed by atoms with E-state index in [-0.39, 0.29) is 11.9 Å². The van der Waals surface area contributed by atoms with Gasteiger partial charge in [-0.15, -0.1) is 0 Å². The summed E-state index contributed by atoms with van der Waals surface area (Å²) in [6.45, 7) is 0. The first kappa shape index (κ1) is 14.5. The molecular weight excluding hydrogens is 287 g/mol. The van der Waals surface area contributed by atoms with Crippen LogP contribution in [0.2, 0.25) is 5.02 Å². The second kappa shape index (κ2) is 6.14. The molecule has 110 valence electrons. The molecule has 0 radical (unpaired) electrons. The lowest BCUT2D eigenvalue weighted by molar-refractivity contribution is 0.549. The van der Waals surface area contributed by atoms with Gasteiger partial charge in [-0.1, -0.05) is 35.9 Å². The molecule has 0 aliphatic heterocycles. The molecule has 0 spiro atoms. The van der Waals surface area contributed by atoms with E-state index in [1.807, 2.05) is 0 Å². The Labute approximate surface area is 129 Å². The van der Waals surface area contributed by atoms with Crippen molar-refractivity contribution >= 4 is 11.6 Å². The molecule has 3 rings (SSSR count). The predicted octanol–water partition coefficient (Wildman–Crippen LogP) is 3.71. The topological polar surface area (TPSA) is 38.0 Å². The van der Waals surface area contributed by atoms with Crippen molar-refractivity contribution in [3.05, 3.63) is 69.5 Å². The zero-order chi connectivity index (χ0) is 14.8. The molecule has 2 nitrogen and oxygen atoms in total. The highest BCUT2D eigenvalue weighted by molar-refractivity contribution is 6.31. The zero-order valence-corrected chi connectivity index (χ0v) is 12.5. The predicted molar refractivity (Wildman–Crippen MR) is 83.6 cm³/mol. The van der Waals surface area contributed by atoms with E-state index >= 15 is 0 Å². The van der Waals surface area contributed by atoms with Gasteiger partial charge in [0.1, 0.15) is 5.82 Å². The number of rotatable bonds is 4. The summed E-state index contributed by atoms with van der Waals surface area (Å²) < 4.78 is 13.2. The van der Waals surface area contributed by atoms with Gasteiger partial charge in [0.05, 0.1) is 6.04 Å². The first-order valence-electron chi connectivity index (χ1n) is 7.19. The zero-order valence-electron chi connectivity index (χ0n) is 11.7. The van der Waals surface area contributed by atoms with E-state index in [2.05, 4.69) is 23.6 Å². The number of nitrogens with one attached hydrogen (secondary N) is 1. The fraction of sp³-hybridized carbons (Fsp3) is 0.294. The first-order valence-corrected chi connectivity index (χ1v) is 7.57. The van der Waals surface area contributed by atoms with E-state index in [1.165, 1.54) is 41.7 Å². The number of nitrogens with two attached hydrogens (primary N) is 1. The van der Waals surface area contributed by atoms with E-state index in [0.717, 1.165) is 18.4 Å². The molecule has 0 heterocycles. The molecule has 1 atom stereocenters. The summed E-state index contributed by atoms with van der Waals surface area (Å²) in [7, 11) is 0. The van der Waals surface area contributed by atoms with E-state index in [4.69, 9.17) is 17.4 Å². The van der Waals surface area contributed by atoms with Crippen LogP contribution in [0.3, 0.4) is 0 Å². The molecule has 0 amide bonds. The SMILES string of the molecule is NNC(Cc1ccc2c(c1)CCC2)c1ccc(F)cc1Cl. The number of aryl methyl sites for hydroxylation is 2. The Hall–Kier alpha value is -1.42. The molecule has 3 N–H and O–H groups in total. The van der Waals surface area contributed by atoms with Crippen molar-refractivity contribution < 1.29 is 4.39 Å². The average molecular weight is 305 g/mol. The molecule has 0 saturated carbocycles. The molecule has 2 aromatic carbocycles. The molecule has 21 heavy (non-hydrogen) atoms. The van der Waals surface area contributed by atoms with Crippen LogP contribution < -0.4 is 11.3 Å². The van der Waals surface area contributed by atoms with Crippen molar-refractivity contribution in [1.82, 2.24) is 5.43 Å². The lowest BCUT2D eigenvalue weighted by atomic mass is 9.97. The Bertz CT molecular complexity index is 657. The molecule has 2 aromatic rings. The molecule has 4 heteroatoms. The number of halogens is 2. The fourth-order valence-electron chi connectivity index (χ4n) is 3.03. The maximum atomic E-state index is 13.2. The van der Waals surface area contributed by atoms with E-state index in [0.29, 0.717) is 5.02 Å². The largest absolute Gasteiger partial charge is 0.271 e. The maximum absolute atomic E-state index is 13.2. The summed E-state index contributed by atoms with van der Waals surface area (Å²) in [5.41, 5.74) is 7.72. The average Bonchev–Trinajstić information content (AvgIpc) is 2.93. The van der Waals surface area contributed by atoms with Gasteiger partial charge < -0.3 is 0 Å². The summed E-state index contributed by atoms with van der Waals surface area (Å²) in [6.07, 6.45) is 4.30. The Morgan fingerprint density at radius 3 is 2.71 bits per heavy atom. The van der Waals surface area contributed by atoms with E-state index in [9.17, 15) is 4.39 Å². The quantitative estimate of drug-likeness (QED) is 0.667. The minimum atomic E-state index is -0.336. The molecule has 1 unspecified atom stereocenters. The monoisotopic (exact) mass is 304 g/mol. The fourth-order valence-corrected chi connectivity index (χ4v) is 3.33. The van der Waals surface area contributed by atoms with Crippen molar-refractivity contribution in [2.24, 2.45) is 5.84 Å². The highest BCUT2D eigenvalue weighted by Gasteiger charge is 2.16. The lowest BCUT2D eigenvalue weighted by Crippen LogP contribution is -2.29. The number of benzene rings is 2. The van der Waals surface area contributed by atoms with Crippen LogP contribution in [-0.2, 0) is 19.3 Å². The Kier molecular flexibility index (Phi) is 4.24. The van der Waals surface area contributed by atoms with Gasteiger partial charge in [0.15, 0.2) is 0 Å². The summed E-state index contributed by atoms with van der Waals surface area (Å²) in [5, 5.41) is 0.402. The molecule has 0 fully saturated rings. The van der Waals surface area contributed by atoms with Gasteiger partial charge in [0.2, 0.25) is 0 Å². The molecule has 1 aliphatic carbocycles. The van der Waals surface area contributed by atoms with Gasteiger partial charge in [0.25, 0.3) is 0 Å². The van der Waals surface area contributed by atoms with Crippen molar-refractivity contribution in [2.75, 3.05) is 0 Å². The third kappa shape index (κ3) is 3.10. The van der Waals surface area contributed by atoms with Gasteiger partial charge in [0, 0.05) is 5.02 Å². The van der Waals surface area contributed by atoms with Crippen LogP contribution in [0, 0.1) is 5.82 Å².